The fourth-order valence-electron chi connectivity index (χ4n) is 1.90. The van der Waals surface area contributed by atoms with Gasteiger partial charge in [0.15, 0.2) is 5.75 Å². The Morgan fingerprint density at radius 3 is 2.17 bits per heavy atom. The molecule has 0 radical (unpaired) electrons. The summed E-state index contributed by atoms with van der Waals surface area (Å²) < 4.78 is 10.4. The maximum absolute atomic E-state index is 12.3. The van der Waals surface area contributed by atoms with E-state index in [0.717, 1.165) is 12.8 Å². The number of hydrogen-bond donors (Lipinski definition) is 0. The quantitative estimate of drug-likeness (QED) is 0.402. The lowest BCUT2D eigenvalue weighted by Gasteiger charge is -2.09. The van der Waals surface area contributed by atoms with E-state index in [1.807, 2.05) is 6.92 Å². The maximum Gasteiger partial charge on any atom is 0.343 e. The van der Waals surface area contributed by atoms with Crippen molar-refractivity contribution in [1.29, 1.82) is 0 Å². The zero-order valence-electron chi connectivity index (χ0n) is 13.1. The number of unbranched alkanes of at least 4 members (excludes halogenated alkanes) is 1. The summed E-state index contributed by atoms with van der Waals surface area (Å²) in [6.07, 6.45) is 1.72. The van der Waals surface area contributed by atoms with Crippen molar-refractivity contribution in [3.8, 4) is 5.75 Å². The summed E-state index contributed by atoms with van der Waals surface area (Å²) >= 11 is 12.0. The molecule has 4 nitrogen and oxygen atoms in total. The van der Waals surface area contributed by atoms with Gasteiger partial charge in [-0.15, -0.1) is 0 Å². The van der Waals surface area contributed by atoms with Gasteiger partial charge in [0.25, 0.3) is 0 Å². The second-order valence-electron chi connectivity index (χ2n) is 5.01. The first-order valence-corrected chi connectivity index (χ1v) is 8.22. The fourth-order valence-corrected chi connectivity index (χ4v) is 2.37. The van der Waals surface area contributed by atoms with E-state index >= 15 is 0 Å². The summed E-state index contributed by atoms with van der Waals surface area (Å²) in [5.41, 5.74) is 0.488. The predicted octanol–water partition coefficient (Wildman–Crippen LogP) is 5.17. The van der Waals surface area contributed by atoms with Crippen LogP contribution in [0.3, 0.4) is 0 Å². The van der Waals surface area contributed by atoms with Gasteiger partial charge in [-0.25, -0.2) is 9.59 Å². The smallest absolute Gasteiger partial charge is 0.343 e. The Kier molecular flexibility index (Phi) is 6.64. The van der Waals surface area contributed by atoms with Crippen molar-refractivity contribution in [2.24, 2.45) is 0 Å². The second kappa shape index (κ2) is 8.71. The highest BCUT2D eigenvalue weighted by molar-refractivity contribution is 6.37. The van der Waals surface area contributed by atoms with Gasteiger partial charge in [-0.05, 0) is 36.8 Å². The lowest BCUT2D eigenvalue weighted by Crippen LogP contribution is -2.12. The molecule has 2 aromatic carbocycles. The molecule has 0 saturated heterocycles. The van der Waals surface area contributed by atoms with E-state index in [1.54, 1.807) is 30.3 Å². The van der Waals surface area contributed by atoms with E-state index in [-0.39, 0.29) is 26.9 Å². The zero-order valence-corrected chi connectivity index (χ0v) is 14.6. The Labute approximate surface area is 150 Å². The summed E-state index contributed by atoms with van der Waals surface area (Å²) in [6.45, 7) is 2.35. The maximum atomic E-state index is 12.3. The number of halogens is 2. The van der Waals surface area contributed by atoms with Gasteiger partial charge in [0, 0.05) is 0 Å². The topological polar surface area (TPSA) is 52.6 Å². The van der Waals surface area contributed by atoms with Crippen LogP contribution in [-0.4, -0.2) is 18.5 Å². The van der Waals surface area contributed by atoms with Crippen LogP contribution < -0.4 is 4.74 Å². The number of esters is 2. The number of para-hydroxylation sites is 1. The van der Waals surface area contributed by atoms with Crippen LogP contribution in [0.4, 0.5) is 0 Å². The third-order valence-corrected chi connectivity index (χ3v) is 3.77. The van der Waals surface area contributed by atoms with E-state index in [1.165, 1.54) is 12.1 Å². The molecule has 2 aromatic rings. The van der Waals surface area contributed by atoms with Gasteiger partial charge < -0.3 is 9.47 Å². The molecule has 0 unspecified atom stereocenters. The minimum Gasteiger partial charge on any atom is -0.462 e. The van der Waals surface area contributed by atoms with Gasteiger partial charge in [-0.2, -0.15) is 0 Å². The average molecular weight is 367 g/mol. The van der Waals surface area contributed by atoms with E-state index in [0.29, 0.717) is 6.61 Å². The second-order valence-corrected chi connectivity index (χ2v) is 5.82. The van der Waals surface area contributed by atoms with Gasteiger partial charge in [0.1, 0.15) is 0 Å². The van der Waals surface area contributed by atoms with Gasteiger partial charge in [-0.1, -0.05) is 48.7 Å². The van der Waals surface area contributed by atoms with Gasteiger partial charge in [0.2, 0.25) is 0 Å². The van der Waals surface area contributed by atoms with E-state index in [2.05, 4.69) is 0 Å². The van der Waals surface area contributed by atoms with Crippen molar-refractivity contribution in [1.82, 2.24) is 0 Å². The van der Waals surface area contributed by atoms with E-state index in [9.17, 15) is 9.59 Å². The molecule has 24 heavy (non-hydrogen) atoms. The lowest BCUT2D eigenvalue weighted by molar-refractivity contribution is 0.0499. The molecule has 0 bridgehead atoms. The first-order valence-electron chi connectivity index (χ1n) is 7.46. The molecule has 2 rings (SSSR count). The number of carbonyl (C=O) groups excluding carboxylic acids is 2. The standard InChI is InChI=1S/C18H16Cl2O4/c1-2-3-10-23-17(21)12-6-4-7-13(11-12)18(22)24-16-14(19)8-5-9-15(16)20/h4-9,11H,2-3,10H2,1H3. The molecule has 0 heterocycles. The van der Waals surface area contributed by atoms with Crippen molar-refractivity contribution in [2.45, 2.75) is 19.8 Å². The van der Waals surface area contributed by atoms with Crippen LogP contribution in [0.25, 0.3) is 0 Å². The minimum absolute atomic E-state index is 0.0850. The van der Waals surface area contributed by atoms with E-state index in [4.69, 9.17) is 32.7 Å². The Hall–Kier alpha value is -2.04. The molecule has 0 fully saturated rings. The highest BCUT2D eigenvalue weighted by atomic mass is 35.5. The van der Waals surface area contributed by atoms with Crippen LogP contribution in [0.2, 0.25) is 10.0 Å². The largest absolute Gasteiger partial charge is 0.462 e. The average Bonchev–Trinajstić information content (AvgIpc) is 2.58. The molecule has 0 aliphatic heterocycles. The molecule has 0 atom stereocenters. The summed E-state index contributed by atoms with van der Waals surface area (Å²) in [4.78, 5) is 24.2. The summed E-state index contributed by atoms with van der Waals surface area (Å²) in [6, 6.07) is 10.9. The molecule has 126 valence electrons. The molecule has 0 aliphatic carbocycles. The zero-order chi connectivity index (χ0) is 17.5. The molecule has 0 aromatic heterocycles. The SMILES string of the molecule is CCCCOC(=O)c1cccc(C(=O)Oc2c(Cl)cccc2Cl)c1. The van der Waals surface area contributed by atoms with Crippen molar-refractivity contribution >= 4 is 35.1 Å². The Morgan fingerprint density at radius 1 is 0.958 bits per heavy atom. The Morgan fingerprint density at radius 2 is 1.54 bits per heavy atom. The van der Waals surface area contributed by atoms with Crippen molar-refractivity contribution in [3.05, 3.63) is 63.6 Å². The van der Waals surface area contributed by atoms with Crippen molar-refractivity contribution in [3.63, 3.8) is 0 Å². The Bertz CT molecular complexity index is 723. The van der Waals surface area contributed by atoms with Crippen molar-refractivity contribution in [2.75, 3.05) is 6.61 Å². The Balaban J connectivity index is 2.13. The van der Waals surface area contributed by atoms with Crippen LogP contribution in [-0.2, 0) is 4.74 Å². The molecular weight excluding hydrogens is 351 g/mol. The van der Waals surface area contributed by atoms with Crippen LogP contribution in [0.15, 0.2) is 42.5 Å². The molecule has 0 N–H and O–H groups in total. The minimum atomic E-state index is -0.659. The molecule has 0 spiro atoms. The van der Waals surface area contributed by atoms with Crippen LogP contribution in [0.5, 0.6) is 5.75 Å². The van der Waals surface area contributed by atoms with Crippen LogP contribution in [0, 0.1) is 0 Å². The van der Waals surface area contributed by atoms with Crippen LogP contribution in [0.1, 0.15) is 40.5 Å². The third kappa shape index (κ3) is 4.73. The molecule has 0 aliphatic rings. The number of rotatable bonds is 6. The molecular formula is C18H16Cl2O4. The summed E-state index contributed by atoms with van der Waals surface area (Å²) in [5.74, 6) is -1.05. The summed E-state index contributed by atoms with van der Waals surface area (Å²) in [5, 5.41) is 0.456. The highest BCUT2D eigenvalue weighted by Crippen LogP contribution is 2.32. The van der Waals surface area contributed by atoms with E-state index < -0.39 is 11.9 Å². The molecule has 6 heteroatoms. The lowest BCUT2D eigenvalue weighted by atomic mass is 10.1. The van der Waals surface area contributed by atoms with Gasteiger partial charge >= 0.3 is 11.9 Å². The predicted molar refractivity (Wildman–Crippen MR) is 93.1 cm³/mol. The fraction of sp³-hybridized carbons (Fsp3) is 0.222. The van der Waals surface area contributed by atoms with Gasteiger partial charge in [-0.3, -0.25) is 0 Å². The number of hydrogen-bond acceptors (Lipinski definition) is 4. The number of benzene rings is 2. The first-order chi connectivity index (χ1) is 11.5. The number of carbonyl (C=O) groups is 2. The normalized spacial score (nSPS) is 10.3. The molecule has 0 amide bonds. The monoisotopic (exact) mass is 366 g/mol. The number of ether oxygens (including phenoxy) is 2. The molecule has 0 saturated carbocycles. The first kappa shape index (κ1) is 18.3. The third-order valence-electron chi connectivity index (χ3n) is 3.18. The van der Waals surface area contributed by atoms with Gasteiger partial charge in [0.05, 0.1) is 27.8 Å². The summed E-state index contributed by atoms with van der Waals surface area (Å²) in [7, 11) is 0. The van der Waals surface area contributed by atoms with Crippen LogP contribution >= 0.6 is 23.2 Å². The highest BCUT2D eigenvalue weighted by Gasteiger charge is 2.16. The van der Waals surface area contributed by atoms with Crippen molar-refractivity contribution < 1.29 is 19.1 Å².